The highest BCUT2D eigenvalue weighted by Gasteiger charge is 2.06. The maximum atomic E-state index is 11.6. The number of carbonyl (C=O) groups excluding carboxylic acids is 2. The second kappa shape index (κ2) is 7.56. The lowest BCUT2D eigenvalue weighted by molar-refractivity contribution is -0.143. The third-order valence-corrected chi connectivity index (χ3v) is 2.61. The molecule has 0 bridgehead atoms. The van der Waals surface area contributed by atoms with Crippen LogP contribution in [0.5, 0.6) is 0 Å². The zero-order chi connectivity index (χ0) is 14.3. The first kappa shape index (κ1) is 15.2. The molecule has 0 aliphatic rings. The van der Waals surface area contributed by atoms with Gasteiger partial charge in [0, 0.05) is 25.2 Å². The van der Waals surface area contributed by atoms with Crippen LogP contribution in [0.15, 0.2) is 6.07 Å². The van der Waals surface area contributed by atoms with E-state index in [0.717, 1.165) is 11.4 Å². The summed E-state index contributed by atoms with van der Waals surface area (Å²) in [6.07, 6.45) is 0.560. The summed E-state index contributed by atoms with van der Waals surface area (Å²) >= 11 is 0. The maximum Gasteiger partial charge on any atom is 0.307 e. The highest BCUT2D eigenvalue weighted by atomic mass is 16.5. The molecule has 0 saturated carbocycles. The quantitative estimate of drug-likeness (QED) is 0.747. The highest BCUT2D eigenvalue weighted by molar-refractivity contribution is 5.76. The van der Waals surface area contributed by atoms with Gasteiger partial charge in [-0.1, -0.05) is 0 Å². The number of aryl methyl sites for hydroxylation is 3. The third-order valence-electron chi connectivity index (χ3n) is 2.61. The first-order valence-corrected chi connectivity index (χ1v) is 6.46. The molecule has 0 aliphatic heterocycles. The second-order valence-corrected chi connectivity index (χ2v) is 4.31. The van der Waals surface area contributed by atoms with Crippen molar-refractivity contribution in [2.45, 2.75) is 40.2 Å². The number of hydrogen-bond donors (Lipinski definition) is 1. The Hall–Kier alpha value is -1.85. The molecule has 0 unspecified atom stereocenters. The van der Waals surface area contributed by atoms with Crippen LogP contribution in [-0.4, -0.2) is 34.8 Å². The number of nitrogens with one attached hydrogen (secondary N) is 1. The van der Waals surface area contributed by atoms with Crippen LogP contribution in [-0.2, 0) is 20.9 Å². The first-order chi connectivity index (χ1) is 9.02. The topological polar surface area (TPSA) is 73.2 Å². The number of nitrogens with zero attached hydrogens (tertiary/aromatic N) is 2. The molecular formula is C13H21N3O3. The van der Waals surface area contributed by atoms with Crippen LogP contribution in [0.25, 0.3) is 0 Å². The van der Waals surface area contributed by atoms with E-state index in [4.69, 9.17) is 4.74 Å². The third kappa shape index (κ3) is 5.54. The lowest BCUT2D eigenvalue weighted by Gasteiger charge is -2.06. The summed E-state index contributed by atoms with van der Waals surface area (Å²) in [4.78, 5) is 22.6. The summed E-state index contributed by atoms with van der Waals surface area (Å²) in [5, 5.41) is 6.97. The normalized spacial score (nSPS) is 10.3. The molecule has 1 aromatic heterocycles. The Morgan fingerprint density at radius 3 is 2.68 bits per heavy atom. The molecule has 0 radical (unpaired) electrons. The van der Waals surface area contributed by atoms with Gasteiger partial charge in [-0.15, -0.1) is 0 Å². The van der Waals surface area contributed by atoms with Gasteiger partial charge in [0.2, 0.25) is 5.91 Å². The van der Waals surface area contributed by atoms with Crippen molar-refractivity contribution in [2.24, 2.45) is 0 Å². The van der Waals surface area contributed by atoms with Gasteiger partial charge in [0.05, 0.1) is 18.7 Å². The molecular weight excluding hydrogens is 246 g/mol. The van der Waals surface area contributed by atoms with Crippen LogP contribution in [0.1, 0.15) is 31.2 Å². The number of ether oxygens (including phenoxy) is 1. The van der Waals surface area contributed by atoms with E-state index in [0.29, 0.717) is 26.1 Å². The predicted molar refractivity (Wildman–Crippen MR) is 70.6 cm³/mol. The van der Waals surface area contributed by atoms with E-state index < -0.39 is 0 Å². The molecule has 6 heteroatoms. The molecule has 0 atom stereocenters. The van der Waals surface area contributed by atoms with E-state index in [1.807, 2.05) is 19.9 Å². The monoisotopic (exact) mass is 267 g/mol. The van der Waals surface area contributed by atoms with Crippen LogP contribution >= 0.6 is 0 Å². The van der Waals surface area contributed by atoms with Crippen LogP contribution in [0.2, 0.25) is 0 Å². The molecule has 6 nitrogen and oxygen atoms in total. The van der Waals surface area contributed by atoms with Gasteiger partial charge in [0.1, 0.15) is 0 Å². The van der Waals surface area contributed by atoms with Crippen LogP contribution in [0, 0.1) is 13.8 Å². The SMILES string of the molecule is CCOC(=O)CCNC(=O)CCn1nc(C)cc1C. The predicted octanol–water partition coefficient (Wildman–Crippen LogP) is 0.959. The van der Waals surface area contributed by atoms with Gasteiger partial charge < -0.3 is 10.1 Å². The Morgan fingerprint density at radius 2 is 2.11 bits per heavy atom. The van der Waals surface area contributed by atoms with E-state index in [1.54, 1.807) is 11.6 Å². The van der Waals surface area contributed by atoms with Gasteiger partial charge in [0.25, 0.3) is 0 Å². The highest BCUT2D eigenvalue weighted by Crippen LogP contribution is 2.02. The van der Waals surface area contributed by atoms with Crippen LogP contribution < -0.4 is 5.32 Å². The first-order valence-electron chi connectivity index (χ1n) is 6.46. The maximum absolute atomic E-state index is 11.6. The largest absolute Gasteiger partial charge is 0.466 e. The zero-order valence-electron chi connectivity index (χ0n) is 11.7. The summed E-state index contributed by atoms with van der Waals surface area (Å²) in [6, 6.07) is 1.97. The van der Waals surface area contributed by atoms with Crippen molar-refractivity contribution >= 4 is 11.9 Å². The van der Waals surface area contributed by atoms with Gasteiger partial charge in [0.15, 0.2) is 0 Å². The number of rotatable bonds is 7. The summed E-state index contributed by atoms with van der Waals surface area (Å²) in [6.45, 7) is 6.86. The standard InChI is InChI=1S/C13H21N3O3/c1-4-19-13(18)5-7-14-12(17)6-8-16-11(3)9-10(2)15-16/h9H,4-8H2,1-3H3,(H,14,17). The lowest BCUT2D eigenvalue weighted by atomic mass is 10.3. The number of amides is 1. The Labute approximate surface area is 113 Å². The minimum absolute atomic E-state index is 0.0862. The minimum atomic E-state index is -0.290. The van der Waals surface area contributed by atoms with Crippen molar-refractivity contribution < 1.29 is 14.3 Å². The van der Waals surface area contributed by atoms with Crippen LogP contribution in [0.3, 0.4) is 0 Å². The molecule has 1 heterocycles. The molecule has 1 N–H and O–H groups in total. The van der Waals surface area contributed by atoms with Gasteiger partial charge in [-0.3, -0.25) is 14.3 Å². The molecule has 106 valence electrons. The Balaban J connectivity index is 2.21. The molecule has 0 spiro atoms. The fraction of sp³-hybridized carbons (Fsp3) is 0.615. The van der Waals surface area contributed by atoms with Gasteiger partial charge in [-0.25, -0.2) is 0 Å². The Morgan fingerprint density at radius 1 is 1.37 bits per heavy atom. The van der Waals surface area contributed by atoms with E-state index in [9.17, 15) is 9.59 Å². The number of carbonyl (C=O) groups is 2. The summed E-state index contributed by atoms with van der Waals surface area (Å²) in [5.74, 6) is -0.377. The summed E-state index contributed by atoms with van der Waals surface area (Å²) in [7, 11) is 0. The number of aromatic nitrogens is 2. The molecule has 0 saturated heterocycles. The molecule has 1 aromatic rings. The number of hydrogen-bond acceptors (Lipinski definition) is 4. The molecule has 1 rings (SSSR count). The van der Waals surface area contributed by atoms with Crippen molar-refractivity contribution in [3.05, 3.63) is 17.5 Å². The van der Waals surface area contributed by atoms with Gasteiger partial charge in [-0.2, -0.15) is 5.10 Å². The number of esters is 1. The van der Waals surface area contributed by atoms with E-state index in [2.05, 4.69) is 10.4 Å². The average Bonchev–Trinajstić information content (AvgIpc) is 2.65. The molecule has 19 heavy (non-hydrogen) atoms. The molecule has 0 aliphatic carbocycles. The average molecular weight is 267 g/mol. The summed E-state index contributed by atoms with van der Waals surface area (Å²) < 4.78 is 6.57. The lowest BCUT2D eigenvalue weighted by Crippen LogP contribution is -2.27. The van der Waals surface area contributed by atoms with Gasteiger partial charge >= 0.3 is 5.97 Å². The fourth-order valence-corrected chi connectivity index (χ4v) is 1.73. The minimum Gasteiger partial charge on any atom is -0.466 e. The molecule has 1 amide bonds. The summed E-state index contributed by atoms with van der Waals surface area (Å²) in [5.41, 5.74) is 1.98. The smallest absolute Gasteiger partial charge is 0.307 e. The zero-order valence-corrected chi connectivity index (χ0v) is 11.7. The van der Waals surface area contributed by atoms with E-state index in [1.165, 1.54) is 0 Å². The van der Waals surface area contributed by atoms with Crippen molar-refractivity contribution in [3.8, 4) is 0 Å². The van der Waals surface area contributed by atoms with Crippen molar-refractivity contribution in [1.29, 1.82) is 0 Å². The van der Waals surface area contributed by atoms with E-state index >= 15 is 0 Å². The van der Waals surface area contributed by atoms with Crippen molar-refractivity contribution in [3.63, 3.8) is 0 Å². The molecule has 0 aromatic carbocycles. The van der Waals surface area contributed by atoms with E-state index in [-0.39, 0.29) is 18.3 Å². The van der Waals surface area contributed by atoms with Crippen molar-refractivity contribution in [2.75, 3.05) is 13.2 Å². The van der Waals surface area contributed by atoms with Gasteiger partial charge in [-0.05, 0) is 26.8 Å². The van der Waals surface area contributed by atoms with Crippen LogP contribution in [0.4, 0.5) is 0 Å². The second-order valence-electron chi connectivity index (χ2n) is 4.31. The Kier molecular flexibility index (Phi) is 6.05. The van der Waals surface area contributed by atoms with Crippen molar-refractivity contribution in [1.82, 2.24) is 15.1 Å². The Bertz CT molecular complexity index is 440. The molecule has 0 fully saturated rings. The fourth-order valence-electron chi connectivity index (χ4n) is 1.73.